The molecule has 0 aliphatic heterocycles. The third-order valence-corrected chi connectivity index (χ3v) is 17.0. The summed E-state index contributed by atoms with van der Waals surface area (Å²) >= 11 is 0. The predicted molar refractivity (Wildman–Crippen MR) is 365 cm³/mol. The second-order valence-corrected chi connectivity index (χ2v) is 22.4. The number of hydrogen-bond acceptors (Lipinski definition) is 6. The van der Waals surface area contributed by atoms with Gasteiger partial charge in [0.1, 0.15) is 11.6 Å². The normalized spacial score (nSPS) is 11.3. The summed E-state index contributed by atoms with van der Waals surface area (Å²) in [6, 6.07) is 109. The van der Waals surface area contributed by atoms with Crippen LogP contribution < -0.4 is 0 Å². The summed E-state index contributed by atoms with van der Waals surface area (Å²) in [5.74, 6) is 0. The van der Waals surface area contributed by atoms with Crippen LogP contribution in [-0.4, -0.2) is 29.1 Å². The Kier molecular flexibility index (Phi) is 13.1. The van der Waals surface area contributed by atoms with Gasteiger partial charge >= 0.3 is 0 Å². The monoisotopic (exact) mass is 1150 g/mol. The molecule has 418 valence electrons. The van der Waals surface area contributed by atoms with Crippen LogP contribution >= 0.6 is 0 Å². The first kappa shape index (κ1) is 52.9. The van der Waals surface area contributed by atoms with Crippen molar-refractivity contribution in [1.29, 1.82) is 10.5 Å². The van der Waals surface area contributed by atoms with Crippen LogP contribution in [-0.2, 0) is 0 Å². The molecule has 0 unspecified atom stereocenters. The van der Waals surface area contributed by atoms with E-state index in [0.29, 0.717) is 22.5 Å². The molecule has 16 rings (SSSR count). The number of nitrogens with zero attached hydrogens (tertiary/aromatic N) is 8. The van der Waals surface area contributed by atoms with Crippen molar-refractivity contribution >= 4 is 43.6 Å². The van der Waals surface area contributed by atoms with Gasteiger partial charge in [-0.25, -0.2) is 19.9 Å². The van der Waals surface area contributed by atoms with E-state index < -0.39 is 0 Å². The number of benzene rings is 10. The molecule has 0 saturated carbocycles. The molecule has 16 aromatic rings. The number of hydrogen-bond donors (Lipinski definition) is 0. The van der Waals surface area contributed by atoms with Crippen molar-refractivity contribution in [2.75, 3.05) is 0 Å². The Balaban J connectivity index is 0.952. The first-order chi connectivity index (χ1) is 44.5. The number of rotatable bonds is 11. The topological polar surface area (TPSA) is 109 Å². The maximum atomic E-state index is 12.1. The number of pyridine rings is 4. The first-order valence-corrected chi connectivity index (χ1v) is 29.9. The van der Waals surface area contributed by atoms with E-state index in [0.717, 1.165) is 145 Å². The number of nitriles is 2. The largest absolute Gasteiger partial charge is 0.308 e. The summed E-state index contributed by atoms with van der Waals surface area (Å²) in [6.45, 7) is 0. The van der Waals surface area contributed by atoms with Gasteiger partial charge in [0.05, 0.1) is 90.6 Å². The second-order valence-electron chi connectivity index (χ2n) is 22.4. The molecule has 0 aliphatic rings. The van der Waals surface area contributed by atoms with Crippen molar-refractivity contribution < 1.29 is 0 Å². The highest BCUT2D eigenvalue weighted by molar-refractivity contribution is 6.14. The highest BCUT2D eigenvalue weighted by Gasteiger charge is 2.25. The van der Waals surface area contributed by atoms with Crippen LogP contribution in [0.5, 0.6) is 0 Å². The first-order valence-electron chi connectivity index (χ1n) is 29.9. The van der Waals surface area contributed by atoms with Crippen LogP contribution in [0, 0.1) is 22.7 Å². The molecule has 0 bridgehead atoms. The summed E-state index contributed by atoms with van der Waals surface area (Å²) in [6.07, 6.45) is 0. The van der Waals surface area contributed by atoms with Gasteiger partial charge < -0.3 is 9.13 Å². The van der Waals surface area contributed by atoms with Gasteiger partial charge in [-0.1, -0.05) is 182 Å². The lowest BCUT2D eigenvalue weighted by molar-refractivity contribution is 1.12. The van der Waals surface area contributed by atoms with E-state index in [1.807, 2.05) is 121 Å². The van der Waals surface area contributed by atoms with Gasteiger partial charge in [0.2, 0.25) is 0 Å². The fourth-order valence-electron chi connectivity index (χ4n) is 12.7. The fourth-order valence-corrected chi connectivity index (χ4v) is 12.7. The molecule has 0 fully saturated rings. The second kappa shape index (κ2) is 22.3. The standard InChI is InChI=1S/C82H50N8/c83-51-53-18-13-27-58(44-53)63-49-81(89-77-40-36-59(73-32-14-28-69(85-73)54-19-5-1-6-20-54)45-64(77)65-46-60(37-41-78(65)89)74-33-15-29-70(86-74)55-21-7-2-8-22-55)68(52-84)82(50-63)90-79-42-38-61(75-34-16-30-71(87-75)56-23-9-3-10-24-56)47-66(79)67-48-62(39-43-80(67)90)76-35-17-31-72(88-76)57-25-11-4-12-26-57/h1-50H. The zero-order valence-corrected chi connectivity index (χ0v) is 48.4. The Labute approximate surface area is 519 Å². The van der Waals surface area contributed by atoms with Crippen LogP contribution in [0.2, 0.25) is 0 Å². The van der Waals surface area contributed by atoms with Crippen molar-refractivity contribution in [3.63, 3.8) is 0 Å². The minimum absolute atomic E-state index is 0.456. The van der Waals surface area contributed by atoms with Crippen molar-refractivity contribution in [3.8, 4) is 125 Å². The predicted octanol–water partition coefficient (Wildman–Crippen LogP) is 20.2. The third-order valence-electron chi connectivity index (χ3n) is 17.0. The highest BCUT2D eigenvalue weighted by Crippen LogP contribution is 2.44. The molecule has 0 spiro atoms. The SMILES string of the molecule is N#Cc1cccc(-c2cc(-n3c4ccc(-c5cccc(-c6ccccc6)n5)cc4c4cc(-c5cccc(-c6ccccc6)n5)ccc43)c(C#N)c(-n3c4ccc(-c5cccc(-c6ccccc6)n5)cc4c4cc(-c5cccc(-c6ccccc6)n5)ccc43)c2)c1. The van der Waals surface area contributed by atoms with Crippen LogP contribution in [0.15, 0.2) is 303 Å². The maximum Gasteiger partial charge on any atom is 0.104 e. The lowest BCUT2D eigenvalue weighted by Gasteiger charge is -2.19. The van der Waals surface area contributed by atoms with Gasteiger partial charge in [-0.05, 0) is 132 Å². The molecule has 8 nitrogen and oxygen atoms in total. The van der Waals surface area contributed by atoms with E-state index in [9.17, 15) is 10.5 Å². The zero-order valence-electron chi connectivity index (χ0n) is 48.4. The molecular weight excluding hydrogens is 1100 g/mol. The zero-order chi connectivity index (χ0) is 60.1. The van der Waals surface area contributed by atoms with Crippen molar-refractivity contribution in [3.05, 3.63) is 314 Å². The van der Waals surface area contributed by atoms with Crippen molar-refractivity contribution in [2.45, 2.75) is 0 Å². The van der Waals surface area contributed by atoms with Crippen LogP contribution in [0.25, 0.3) is 156 Å². The van der Waals surface area contributed by atoms with Gasteiger partial charge in [0.25, 0.3) is 0 Å². The summed E-state index contributed by atoms with van der Waals surface area (Å²) in [7, 11) is 0. The van der Waals surface area contributed by atoms with E-state index in [1.165, 1.54) is 0 Å². The number of aromatic nitrogens is 6. The molecule has 0 atom stereocenters. The Morgan fingerprint density at radius 1 is 0.222 bits per heavy atom. The van der Waals surface area contributed by atoms with E-state index in [4.69, 9.17) is 19.9 Å². The molecule has 0 saturated heterocycles. The lowest BCUT2D eigenvalue weighted by atomic mass is 9.98. The summed E-state index contributed by atoms with van der Waals surface area (Å²) in [5.41, 5.74) is 22.4. The third kappa shape index (κ3) is 9.51. The Morgan fingerprint density at radius 3 is 0.789 bits per heavy atom. The lowest BCUT2D eigenvalue weighted by Crippen LogP contribution is -2.05. The number of fused-ring (bicyclic) bond motifs is 6. The average molecular weight is 1150 g/mol. The molecule has 10 aromatic carbocycles. The highest BCUT2D eigenvalue weighted by atomic mass is 15.0. The molecule has 90 heavy (non-hydrogen) atoms. The van der Waals surface area contributed by atoms with E-state index in [-0.39, 0.29) is 0 Å². The minimum Gasteiger partial charge on any atom is -0.308 e. The summed E-state index contributed by atoms with van der Waals surface area (Å²) in [4.78, 5) is 20.9. The quantitative estimate of drug-likeness (QED) is 0.128. The summed E-state index contributed by atoms with van der Waals surface area (Å²) < 4.78 is 4.47. The molecule has 0 N–H and O–H groups in total. The van der Waals surface area contributed by atoms with Crippen molar-refractivity contribution in [2.24, 2.45) is 0 Å². The van der Waals surface area contributed by atoms with Crippen molar-refractivity contribution in [1.82, 2.24) is 29.1 Å². The minimum atomic E-state index is 0.456. The van der Waals surface area contributed by atoms with Crippen LogP contribution in [0.4, 0.5) is 0 Å². The van der Waals surface area contributed by atoms with Gasteiger partial charge in [-0.3, -0.25) is 0 Å². The molecule has 0 aliphatic carbocycles. The van der Waals surface area contributed by atoms with Crippen LogP contribution in [0.3, 0.4) is 0 Å². The Hall–Kier alpha value is -12.6. The van der Waals surface area contributed by atoms with Crippen LogP contribution in [0.1, 0.15) is 11.1 Å². The van der Waals surface area contributed by atoms with Gasteiger partial charge in [-0.15, -0.1) is 0 Å². The molecule has 6 heterocycles. The van der Waals surface area contributed by atoms with Gasteiger partial charge in [0.15, 0.2) is 0 Å². The average Bonchev–Trinajstić information content (AvgIpc) is 1.62. The fraction of sp³-hybridized carbons (Fsp3) is 0. The van der Waals surface area contributed by atoms with E-state index >= 15 is 0 Å². The smallest absolute Gasteiger partial charge is 0.104 e. The molecular formula is C82H50N8. The Morgan fingerprint density at radius 2 is 0.500 bits per heavy atom. The van der Waals surface area contributed by atoms with E-state index in [1.54, 1.807) is 0 Å². The van der Waals surface area contributed by atoms with E-state index in [2.05, 4.69) is 203 Å². The molecule has 0 radical (unpaired) electrons. The summed E-state index contributed by atoms with van der Waals surface area (Å²) in [5, 5.41) is 26.4. The molecule has 6 aromatic heterocycles. The maximum absolute atomic E-state index is 12.1. The van der Waals surface area contributed by atoms with Gasteiger partial charge in [0, 0.05) is 66.1 Å². The molecule has 8 heteroatoms. The van der Waals surface area contributed by atoms with Gasteiger partial charge in [-0.2, -0.15) is 10.5 Å². The Bertz CT molecular complexity index is 4970. The molecule has 0 amide bonds.